The number of rotatable bonds is 0. The van der Waals surface area contributed by atoms with Crippen LogP contribution in [0.2, 0.25) is 0 Å². The summed E-state index contributed by atoms with van der Waals surface area (Å²) >= 11 is 0. The molecule has 9 heavy (non-hydrogen) atoms. The second-order valence-corrected chi connectivity index (χ2v) is 2.28. The Morgan fingerprint density at radius 1 is 1.44 bits per heavy atom. The second kappa shape index (κ2) is 3.33. The standard InChI is InChI=1S/C8H12O/c1-8-6-4-2-3-5-7-9-8/h2-3,5,7-8H,4,6H2,1H3. The lowest BCUT2D eigenvalue weighted by atomic mass is 10.2. The largest absolute Gasteiger partial charge is 0.498 e. The minimum atomic E-state index is 0.381. The van der Waals surface area contributed by atoms with Gasteiger partial charge in [-0.2, -0.15) is 0 Å². The van der Waals surface area contributed by atoms with Gasteiger partial charge in [-0.05, 0) is 25.8 Å². The third-order valence-corrected chi connectivity index (χ3v) is 1.38. The van der Waals surface area contributed by atoms with Crippen LogP contribution in [-0.4, -0.2) is 6.10 Å². The fraction of sp³-hybridized carbons (Fsp3) is 0.500. The Bertz CT molecular complexity index is 125. The van der Waals surface area contributed by atoms with Gasteiger partial charge in [-0.15, -0.1) is 0 Å². The maximum atomic E-state index is 5.25. The Morgan fingerprint density at radius 2 is 2.33 bits per heavy atom. The molecule has 0 amide bonds. The van der Waals surface area contributed by atoms with Gasteiger partial charge in [-0.3, -0.25) is 0 Å². The highest BCUT2D eigenvalue weighted by Crippen LogP contribution is 2.05. The van der Waals surface area contributed by atoms with Crippen LogP contribution in [0.5, 0.6) is 0 Å². The second-order valence-electron chi connectivity index (χ2n) is 2.28. The number of allylic oxidation sites excluding steroid dienone is 3. The molecule has 1 aliphatic heterocycles. The van der Waals surface area contributed by atoms with Gasteiger partial charge >= 0.3 is 0 Å². The highest BCUT2D eigenvalue weighted by molar-refractivity contribution is 5.00. The molecule has 0 spiro atoms. The Labute approximate surface area is 56.0 Å². The van der Waals surface area contributed by atoms with Gasteiger partial charge in [0.05, 0.1) is 12.4 Å². The molecule has 0 aromatic rings. The van der Waals surface area contributed by atoms with E-state index in [1.807, 2.05) is 12.2 Å². The lowest BCUT2D eigenvalue weighted by molar-refractivity contribution is 0.153. The molecule has 50 valence electrons. The first kappa shape index (κ1) is 6.40. The van der Waals surface area contributed by atoms with Crippen molar-refractivity contribution in [3.63, 3.8) is 0 Å². The van der Waals surface area contributed by atoms with Crippen LogP contribution < -0.4 is 0 Å². The van der Waals surface area contributed by atoms with E-state index in [0.717, 1.165) is 12.8 Å². The first-order valence-corrected chi connectivity index (χ1v) is 3.37. The molecule has 1 nitrogen and oxygen atoms in total. The molecule has 0 N–H and O–H groups in total. The van der Waals surface area contributed by atoms with Crippen molar-refractivity contribution in [2.24, 2.45) is 0 Å². The van der Waals surface area contributed by atoms with Crippen molar-refractivity contribution in [2.75, 3.05) is 0 Å². The third-order valence-electron chi connectivity index (χ3n) is 1.38. The summed E-state index contributed by atoms with van der Waals surface area (Å²) in [5.41, 5.74) is 0. The molecule has 0 saturated carbocycles. The van der Waals surface area contributed by atoms with Gasteiger partial charge in [0.15, 0.2) is 0 Å². The summed E-state index contributed by atoms with van der Waals surface area (Å²) in [6.07, 6.45) is 10.5. The zero-order valence-electron chi connectivity index (χ0n) is 5.71. The molecular formula is C8H12O. The zero-order chi connectivity index (χ0) is 6.53. The van der Waals surface area contributed by atoms with Crippen molar-refractivity contribution in [1.82, 2.24) is 0 Å². The molecule has 1 unspecified atom stereocenters. The normalized spacial score (nSPS) is 26.6. The lowest BCUT2D eigenvalue weighted by Gasteiger charge is -2.10. The topological polar surface area (TPSA) is 9.23 Å². The highest BCUT2D eigenvalue weighted by atomic mass is 16.5. The van der Waals surface area contributed by atoms with E-state index in [-0.39, 0.29) is 0 Å². The number of hydrogen-bond donors (Lipinski definition) is 0. The van der Waals surface area contributed by atoms with Crippen molar-refractivity contribution >= 4 is 0 Å². The smallest absolute Gasteiger partial charge is 0.0953 e. The highest BCUT2D eigenvalue weighted by Gasteiger charge is 1.97. The van der Waals surface area contributed by atoms with E-state index < -0.39 is 0 Å². The Morgan fingerprint density at radius 3 is 3.22 bits per heavy atom. The molecule has 0 aromatic carbocycles. The Kier molecular flexibility index (Phi) is 2.37. The summed E-state index contributed by atoms with van der Waals surface area (Å²) in [5, 5.41) is 0. The van der Waals surface area contributed by atoms with Crippen LogP contribution >= 0.6 is 0 Å². The molecular weight excluding hydrogens is 112 g/mol. The van der Waals surface area contributed by atoms with Gasteiger partial charge in [-0.25, -0.2) is 0 Å². The van der Waals surface area contributed by atoms with Crippen LogP contribution in [0.3, 0.4) is 0 Å². The summed E-state index contributed by atoms with van der Waals surface area (Å²) in [5.74, 6) is 0. The Hall–Kier alpha value is -0.720. The van der Waals surface area contributed by atoms with Crippen LogP contribution in [0.25, 0.3) is 0 Å². The van der Waals surface area contributed by atoms with Crippen molar-refractivity contribution in [1.29, 1.82) is 0 Å². The SMILES string of the molecule is CC1CCC=CC=CO1. The van der Waals surface area contributed by atoms with E-state index in [1.54, 1.807) is 6.26 Å². The quantitative estimate of drug-likeness (QED) is 0.481. The summed E-state index contributed by atoms with van der Waals surface area (Å²) in [6.45, 7) is 2.09. The molecule has 0 saturated heterocycles. The van der Waals surface area contributed by atoms with E-state index in [1.165, 1.54) is 0 Å². The van der Waals surface area contributed by atoms with Gasteiger partial charge in [0, 0.05) is 0 Å². The molecule has 0 aromatic heterocycles. The molecule has 1 rings (SSSR count). The maximum Gasteiger partial charge on any atom is 0.0953 e. The van der Waals surface area contributed by atoms with Crippen LogP contribution in [-0.2, 0) is 4.74 Å². The summed E-state index contributed by atoms with van der Waals surface area (Å²) in [7, 11) is 0. The number of ether oxygens (including phenoxy) is 1. The van der Waals surface area contributed by atoms with Crippen LogP contribution in [0.4, 0.5) is 0 Å². The van der Waals surface area contributed by atoms with E-state index in [2.05, 4.69) is 13.0 Å². The fourth-order valence-corrected chi connectivity index (χ4v) is 0.799. The molecule has 0 aliphatic carbocycles. The molecule has 0 radical (unpaired) electrons. The first-order valence-electron chi connectivity index (χ1n) is 3.37. The van der Waals surface area contributed by atoms with Crippen molar-refractivity contribution < 1.29 is 4.74 Å². The molecule has 0 fully saturated rings. The minimum Gasteiger partial charge on any atom is -0.498 e. The van der Waals surface area contributed by atoms with Crippen LogP contribution in [0, 0.1) is 0 Å². The van der Waals surface area contributed by atoms with Gasteiger partial charge in [0.2, 0.25) is 0 Å². The van der Waals surface area contributed by atoms with E-state index in [9.17, 15) is 0 Å². The molecule has 1 atom stereocenters. The summed E-state index contributed by atoms with van der Waals surface area (Å²) < 4.78 is 5.25. The Balaban J connectivity index is 2.40. The van der Waals surface area contributed by atoms with Crippen LogP contribution in [0.15, 0.2) is 24.5 Å². The minimum absolute atomic E-state index is 0.381. The fourth-order valence-electron chi connectivity index (χ4n) is 0.799. The van der Waals surface area contributed by atoms with Crippen molar-refractivity contribution in [2.45, 2.75) is 25.9 Å². The predicted molar refractivity (Wildman–Crippen MR) is 38.1 cm³/mol. The lowest BCUT2D eigenvalue weighted by Crippen LogP contribution is -2.03. The molecule has 1 heterocycles. The third kappa shape index (κ3) is 2.36. The van der Waals surface area contributed by atoms with Crippen molar-refractivity contribution in [3.05, 3.63) is 24.5 Å². The molecule has 1 heteroatoms. The van der Waals surface area contributed by atoms with E-state index in [0.29, 0.717) is 6.10 Å². The van der Waals surface area contributed by atoms with E-state index in [4.69, 9.17) is 4.74 Å². The zero-order valence-corrected chi connectivity index (χ0v) is 5.71. The average Bonchev–Trinajstić information content (AvgIpc) is 1.79. The monoisotopic (exact) mass is 124 g/mol. The van der Waals surface area contributed by atoms with Crippen LogP contribution in [0.1, 0.15) is 19.8 Å². The van der Waals surface area contributed by atoms with Gasteiger partial charge in [-0.1, -0.05) is 12.2 Å². The number of hydrogen-bond acceptors (Lipinski definition) is 1. The molecule has 0 bridgehead atoms. The van der Waals surface area contributed by atoms with Crippen molar-refractivity contribution in [3.8, 4) is 0 Å². The molecule has 1 aliphatic rings. The van der Waals surface area contributed by atoms with E-state index >= 15 is 0 Å². The van der Waals surface area contributed by atoms with Gasteiger partial charge < -0.3 is 4.74 Å². The average molecular weight is 124 g/mol. The summed E-state index contributed by atoms with van der Waals surface area (Å²) in [4.78, 5) is 0. The summed E-state index contributed by atoms with van der Waals surface area (Å²) in [6, 6.07) is 0. The van der Waals surface area contributed by atoms with Gasteiger partial charge in [0.1, 0.15) is 0 Å². The predicted octanol–water partition coefficient (Wildman–Crippen LogP) is 2.26. The first-order chi connectivity index (χ1) is 4.39. The maximum absolute atomic E-state index is 5.25. The van der Waals surface area contributed by atoms with Gasteiger partial charge in [0.25, 0.3) is 0 Å².